The molecular weight excluding hydrogens is 341 g/mol. The van der Waals surface area contributed by atoms with E-state index in [1.165, 1.54) is 26.4 Å². The van der Waals surface area contributed by atoms with Crippen molar-refractivity contribution in [3.63, 3.8) is 0 Å². The Morgan fingerprint density at radius 1 is 1.42 bits per heavy atom. The van der Waals surface area contributed by atoms with E-state index < -0.39 is 21.9 Å². The first-order valence-electron chi connectivity index (χ1n) is 5.37. The smallest absolute Gasteiger partial charge is 0.240 e. The van der Waals surface area contributed by atoms with Crippen LogP contribution in [0, 0.1) is 5.82 Å². The molecule has 0 heterocycles. The van der Waals surface area contributed by atoms with Gasteiger partial charge in [0.2, 0.25) is 10.0 Å². The summed E-state index contributed by atoms with van der Waals surface area (Å²) in [5.74, 6) is -0.636. The monoisotopic (exact) mass is 355 g/mol. The minimum atomic E-state index is -3.77. The summed E-state index contributed by atoms with van der Waals surface area (Å²) < 4.78 is 49.6. The van der Waals surface area contributed by atoms with Crippen molar-refractivity contribution in [3.8, 4) is 0 Å². The van der Waals surface area contributed by atoms with Crippen molar-refractivity contribution >= 4 is 26.0 Å². The third-order valence-corrected chi connectivity index (χ3v) is 4.45. The highest BCUT2D eigenvalue weighted by molar-refractivity contribution is 9.10. The van der Waals surface area contributed by atoms with E-state index in [0.717, 1.165) is 6.07 Å². The van der Waals surface area contributed by atoms with Gasteiger partial charge in [-0.3, -0.25) is 0 Å². The van der Waals surface area contributed by atoms with Gasteiger partial charge in [-0.1, -0.05) is 0 Å². The van der Waals surface area contributed by atoms with Gasteiger partial charge in [0.25, 0.3) is 0 Å². The number of rotatable bonds is 7. The van der Waals surface area contributed by atoms with Gasteiger partial charge in [-0.15, -0.1) is 0 Å². The van der Waals surface area contributed by atoms with Gasteiger partial charge < -0.3 is 9.47 Å². The van der Waals surface area contributed by atoms with Crippen molar-refractivity contribution in [2.45, 2.75) is 11.0 Å². The molecule has 5 nitrogen and oxygen atoms in total. The summed E-state index contributed by atoms with van der Waals surface area (Å²) in [5, 5.41) is 0. The summed E-state index contributed by atoms with van der Waals surface area (Å²) in [6, 6.07) is 3.60. The molecule has 108 valence electrons. The quantitative estimate of drug-likeness (QED) is 0.805. The Morgan fingerprint density at radius 2 is 2.11 bits per heavy atom. The molecule has 1 aromatic carbocycles. The van der Waals surface area contributed by atoms with Gasteiger partial charge in [0.15, 0.2) is 0 Å². The minimum Gasteiger partial charge on any atom is -0.382 e. The van der Waals surface area contributed by atoms with Crippen LogP contribution in [0.2, 0.25) is 0 Å². The fourth-order valence-electron chi connectivity index (χ4n) is 1.33. The number of hydrogen-bond donors (Lipinski definition) is 1. The van der Waals surface area contributed by atoms with Crippen LogP contribution in [0.15, 0.2) is 27.6 Å². The van der Waals surface area contributed by atoms with Crippen molar-refractivity contribution in [2.75, 3.05) is 27.4 Å². The van der Waals surface area contributed by atoms with E-state index in [1.807, 2.05) is 0 Å². The number of methoxy groups -OCH3 is 2. The Bertz CT molecular complexity index is 523. The van der Waals surface area contributed by atoms with Gasteiger partial charge in [0.05, 0.1) is 22.1 Å². The van der Waals surface area contributed by atoms with Crippen LogP contribution in [-0.4, -0.2) is 41.9 Å². The molecule has 0 radical (unpaired) electrons. The average Bonchev–Trinajstić information content (AvgIpc) is 2.37. The summed E-state index contributed by atoms with van der Waals surface area (Å²) in [6.07, 6.45) is -0.403. The Kier molecular flexibility index (Phi) is 6.34. The molecule has 0 saturated heterocycles. The largest absolute Gasteiger partial charge is 0.382 e. The predicted octanol–water partition coefficient (Wildman–Crippen LogP) is 1.53. The molecule has 0 aromatic heterocycles. The first-order chi connectivity index (χ1) is 8.90. The number of ether oxygens (including phenoxy) is 2. The number of sulfonamides is 1. The minimum absolute atomic E-state index is 0.0460. The van der Waals surface area contributed by atoms with Crippen LogP contribution in [0.4, 0.5) is 4.39 Å². The molecule has 1 atom stereocenters. The van der Waals surface area contributed by atoms with E-state index in [2.05, 4.69) is 20.7 Å². The highest BCUT2D eigenvalue weighted by Crippen LogP contribution is 2.19. The van der Waals surface area contributed by atoms with Crippen LogP contribution in [0.1, 0.15) is 0 Å². The van der Waals surface area contributed by atoms with E-state index >= 15 is 0 Å². The first kappa shape index (κ1) is 16.5. The lowest BCUT2D eigenvalue weighted by Crippen LogP contribution is -2.35. The Labute approximate surface area is 120 Å². The SMILES string of the molecule is COCC(CNS(=O)(=O)c1ccc(Br)c(F)c1)OC. The normalized spacial score (nSPS) is 13.5. The molecule has 0 bridgehead atoms. The van der Waals surface area contributed by atoms with E-state index in [9.17, 15) is 12.8 Å². The molecule has 0 aliphatic carbocycles. The van der Waals surface area contributed by atoms with Crippen LogP contribution >= 0.6 is 15.9 Å². The maximum atomic E-state index is 13.3. The van der Waals surface area contributed by atoms with Crippen LogP contribution in [0.3, 0.4) is 0 Å². The highest BCUT2D eigenvalue weighted by Gasteiger charge is 2.18. The van der Waals surface area contributed by atoms with Crippen molar-refractivity contribution in [2.24, 2.45) is 0 Å². The maximum Gasteiger partial charge on any atom is 0.240 e. The second kappa shape index (κ2) is 7.30. The van der Waals surface area contributed by atoms with E-state index in [1.54, 1.807) is 0 Å². The molecule has 0 aliphatic heterocycles. The molecule has 1 aromatic rings. The van der Waals surface area contributed by atoms with Crippen molar-refractivity contribution < 1.29 is 22.3 Å². The molecular formula is C11H15BrFNO4S. The number of halogens is 2. The second-order valence-electron chi connectivity index (χ2n) is 3.74. The number of hydrogen-bond acceptors (Lipinski definition) is 4. The molecule has 0 fully saturated rings. The van der Waals surface area contributed by atoms with Gasteiger partial charge >= 0.3 is 0 Å². The summed E-state index contributed by atoms with van der Waals surface area (Å²) in [6.45, 7) is 0.304. The summed E-state index contributed by atoms with van der Waals surface area (Å²) in [7, 11) is -0.823. The molecule has 0 spiro atoms. The maximum absolute atomic E-state index is 13.3. The van der Waals surface area contributed by atoms with E-state index in [0.29, 0.717) is 0 Å². The van der Waals surface area contributed by atoms with Gasteiger partial charge in [-0.2, -0.15) is 0 Å². The zero-order chi connectivity index (χ0) is 14.5. The lowest BCUT2D eigenvalue weighted by atomic mass is 10.3. The van der Waals surface area contributed by atoms with Crippen molar-refractivity contribution in [1.82, 2.24) is 4.72 Å². The lowest BCUT2D eigenvalue weighted by molar-refractivity contribution is 0.0320. The summed E-state index contributed by atoms with van der Waals surface area (Å²) in [5.41, 5.74) is 0. The molecule has 1 N–H and O–H groups in total. The Balaban J connectivity index is 2.78. The number of benzene rings is 1. The third kappa shape index (κ3) is 4.81. The van der Waals surface area contributed by atoms with Crippen molar-refractivity contribution in [3.05, 3.63) is 28.5 Å². The fraction of sp³-hybridized carbons (Fsp3) is 0.455. The van der Waals surface area contributed by atoms with E-state index in [-0.39, 0.29) is 22.5 Å². The Morgan fingerprint density at radius 3 is 2.63 bits per heavy atom. The van der Waals surface area contributed by atoms with Crippen molar-refractivity contribution in [1.29, 1.82) is 0 Å². The van der Waals surface area contributed by atoms with Crippen LogP contribution in [0.25, 0.3) is 0 Å². The predicted molar refractivity (Wildman–Crippen MR) is 72.0 cm³/mol. The topological polar surface area (TPSA) is 64.6 Å². The van der Waals surface area contributed by atoms with Crippen LogP contribution in [0.5, 0.6) is 0 Å². The molecule has 19 heavy (non-hydrogen) atoms. The summed E-state index contributed by atoms with van der Waals surface area (Å²) >= 11 is 2.96. The van der Waals surface area contributed by atoms with E-state index in [4.69, 9.17) is 9.47 Å². The third-order valence-electron chi connectivity index (χ3n) is 2.39. The standard InChI is InChI=1S/C11H15BrFNO4S/c1-17-7-8(18-2)6-14-19(15,16)9-3-4-10(12)11(13)5-9/h3-5,8,14H,6-7H2,1-2H3. The van der Waals surface area contributed by atoms with Gasteiger partial charge in [-0.05, 0) is 34.1 Å². The van der Waals surface area contributed by atoms with Crippen LogP contribution < -0.4 is 4.72 Å². The van der Waals surface area contributed by atoms with Gasteiger partial charge in [0, 0.05) is 20.8 Å². The lowest BCUT2D eigenvalue weighted by Gasteiger charge is -2.15. The Hall–Kier alpha value is -0.540. The van der Waals surface area contributed by atoms with Gasteiger partial charge in [-0.25, -0.2) is 17.5 Å². The zero-order valence-electron chi connectivity index (χ0n) is 10.5. The molecule has 1 unspecified atom stereocenters. The number of nitrogens with one attached hydrogen (secondary N) is 1. The second-order valence-corrected chi connectivity index (χ2v) is 6.36. The van der Waals surface area contributed by atoms with Crippen LogP contribution in [-0.2, 0) is 19.5 Å². The first-order valence-corrected chi connectivity index (χ1v) is 7.64. The van der Waals surface area contributed by atoms with Gasteiger partial charge in [0.1, 0.15) is 5.82 Å². The summed E-state index contributed by atoms with van der Waals surface area (Å²) in [4.78, 5) is -0.138. The molecule has 1 rings (SSSR count). The molecule has 0 amide bonds. The fourth-order valence-corrected chi connectivity index (χ4v) is 2.65. The highest BCUT2D eigenvalue weighted by atomic mass is 79.9. The molecule has 0 saturated carbocycles. The molecule has 8 heteroatoms. The average molecular weight is 356 g/mol. The zero-order valence-corrected chi connectivity index (χ0v) is 12.9. The molecule has 0 aliphatic rings.